The number of rotatable bonds is 6. The third kappa shape index (κ3) is 4.78. The Labute approximate surface area is 159 Å². The van der Waals surface area contributed by atoms with E-state index in [9.17, 15) is 4.79 Å². The Kier molecular flexibility index (Phi) is 6.30. The molecule has 3 rings (SSSR count). The van der Waals surface area contributed by atoms with E-state index in [1.807, 2.05) is 12.1 Å². The summed E-state index contributed by atoms with van der Waals surface area (Å²) < 4.78 is 10.6. The summed E-state index contributed by atoms with van der Waals surface area (Å²) in [6, 6.07) is 12.9. The van der Waals surface area contributed by atoms with E-state index >= 15 is 0 Å². The van der Waals surface area contributed by atoms with Gasteiger partial charge in [-0.1, -0.05) is 0 Å². The molecule has 2 aromatic rings. The molecular weight excluding hydrogens is 342 g/mol. The van der Waals surface area contributed by atoms with Gasteiger partial charge in [0.25, 0.3) is 5.91 Å². The van der Waals surface area contributed by atoms with Gasteiger partial charge < -0.3 is 14.4 Å². The monoisotopic (exact) mass is 367 g/mol. The van der Waals surface area contributed by atoms with Gasteiger partial charge in [-0.25, -0.2) is 5.43 Å². The van der Waals surface area contributed by atoms with E-state index in [-0.39, 0.29) is 5.91 Å². The lowest BCUT2D eigenvalue weighted by Gasteiger charge is -2.29. The van der Waals surface area contributed by atoms with Gasteiger partial charge in [-0.2, -0.15) is 5.10 Å². The summed E-state index contributed by atoms with van der Waals surface area (Å²) in [5.74, 6) is 1.16. The largest absolute Gasteiger partial charge is 0.497 e. The summed E-state index contributed by atoms with van der Waals surface area (Å²) in [6.07, 6.45) is 5.35. The molecule has 1 fully saturated rings. The molecule has 0 atom stereocenters. The summed E-state index contributed by atoms with van der Waals surface area (Å²) in [7, 11) is 3.23. The third-order valence-corrected chi connectivity index (χ3v) is 4.66. The number of hydrazone groups is 1. The zero-order chi connectivity index (χ0) is 19.1. The lowest BCUT2D eigenvalue weighted by Crippen LogP contribution is -2.29. The van der Waals surface area contributed by atoms with Crippen molar-refractivity contribution in [3.05, 3.63) is 53.6 Å². The van der Waals surface area contributed by atoms with Crippen LogP contribution in [0.1, 0.15) is 35.2 Å². The van der Waals surface area contributed by atoms with Crippen molar-refractivity contribution in [3.63, 3.8) is 0 Å². The summed E-state index contributed by atoms with van der Waals surface area (Å²) in [6.45, 7) is 2.16. The molecule has 0 unspecified atom stereocenters. The number of piperidine rings is 1. The normalized spacial score (nSPS) is 14.2. The van der Waals surface area contributed by atoms with E-state index in [4.69, 9.17) is 9.47 Å². The number of carbonyl (C=O) groups excluding carboxylic acids is 1. The zero-order valence-corrected chi connectivity index (χ0v) is 15.8. The van der Waals surface area contributed by atoms with E-state index in [0.717, 1.165) is 30.1 Å². The number of anilines is 1. The highest BCUT2D eigenvalue weighted by Gasteiger charge is 2.13. The lowest BCUT2D eigenvalue weighted by atomic mass is 10.1. The van der Waals surface area contributed by atoms with Gasteiger partial charge in [-0.05, 0) is 55.7 Å². The lowest BCUT2D eigenvalue weighted by molar-refractivity contribution is 0.0955. The van der Waals surface area contributed by atoms with Crippen LogP contribution in [0.2, 0.25) is 0 Å². The maximum absolute atomic E-state index is 12.1. The van der Waals surface area contributed by atoms with Crippen LogP contribution in [-0.2, 0) is 0 Å². The summed E-state index contributed by atoms with van der Waals surface area (Å²) in [5, 5.41) is 4.06. The highest BCUT2D eigenvalue weighted by molar-refractivity contribution is 5.95. The predicted molar refractivity (Wildman–Crippen MR) is 107 cm³/mol. The fraction of sp³-hybridized carbons (Fsp3) is 0.333. The molecule has 1 N–H and O–H groups in total. The number of hydrogen-bond acceptors (Lipinski definition) is 5. The number of nitrogens with zero attached hydrogens (tertiary/aromatic N) is 2. The van der Waals surface area contributed by atoms with Crippen molar-refractivity contribution in [1.29, 1.82) is 0 Å². The molecule has 142 valence electrons. The number of ether oxygens (including phenoxy) is 2. The minimum Gasteiger partial charge on any atom is -0.497 e. The molecule has 1 heterocycles. The molecule has 27 heavy (non-hydrogen) atoms. The Hall–Kier alpha value is -3.02. The molecule has 0 aromatic heterocycles. The first-order valence-corrected chi connectivity index (χ1v) is 9.11. The Balaban J connectivity index is 1.65. The molecule has 1 saturated heterocycles. The topological polar surface area (TPSA) is 63.2 Å². The molecule has 0 radical (unpaired) electrons. The molecule has 2 aromatic carbocycles. The van der Waals surface area contributed by atoms with Crippen LogP contribution in [0.4, 0.5) is 5.69 Å². The van der Waals surface area contributed by atoms with Gasteiger partial charge in [0.05, 0.1) is 20.4 Å². The van der Waals surface area contributed by atoms with E-state index < -0.39 is 0 Å². The molecule has 1 aliphatic heterocycles. The average molecular weight is 367 g/mol. The average Bonchev–Trinajstić information content (AvgIpc) is 2.74. The maximum Gasteiger partial charge on any atom is 0.271 e. The summed E-state index contributed by atoms with van der Waals surface area (Å²) in [4.78, 5) is 14.5. The first-order valence-electron chi connectivity index (χ1n) is 9.11. The number of nitrogens with one attached hydrogen (secondary N) is 1. The third-order valence-electron chi connectivity index (χ3n) is 4.66. The van der Waals surface area contributed by atoms with Gasteiger partial charge in [0.15, 0.2) is 0 Å². The van der Waals surface area contributed by atoms with Crippen LogP contribution in [0.25, 0.3) is 0 Å². The van der Waals surface area contributed by atoms with Crippen LogP contribution in [0.5, 0.6) is 11.5 Å². The van der Waals surface area contributed by atoms with Crippen molar-refractivity contribution in [2.75, 3.05) is 32.2 Å². The molecule has 6 nitrogen and oxygen atoms in total. The molecule has 1 amide bonds. The Bertz CT molecular complexity index is 797. The molecule has 0 spiro atoms. The van der Waals surface area contributed by atoms with Gasteiger partial charge in [-0.3, -0.25) is 4.79 Å². The molecule has 0 bridgehead atoms. The van der Waals surface area contributed by atoms with Crippen molar-refractivity contribution >= 4 is 17.8 Å². The predicted octanol–water partition coefficient (Wildman–Crippen LogP) is 3.46. The van der Waals surface area contributed by atoms with Crippen LogP contribution in [0, 0.1) is 0 Å². The molecular formula is C21H25N3O3. The van der Waals surface area contributed by atoms with Crippen molar-refractivity contribution < 1.29 is 14.3 Å². The first-order chi connectivity index (χ1) is 13.2. The molecule has 1 aliphatic rings. The summed E-state index contributed by atoms with van der Waals surface area (Å²) >= 11 is 0. The zero-order valence-electron chi connectivity index (χ0n) is 15.8. The van der Waals surface area contributed by atoms with E-state index in [2.05, 4.69) is 21.5 Å². The van der Waals surface area contributed by atoms with Crippen LogP contribution in [0.3, 0.4) is 0 Å². The number of hydrogen-bond donors (Lipinski definition) is 1. The minimum atomic E-state index is -0.280. The van der Waals surface area contributed by atoms with Gasteiger partial charge >= 0.3 is 0 Å². The van der Waals surface area contributed by atoms with Crippen molar-refractivity contribution in [2.24, 2.45) is 5.10 Å². The van der Waals surface area contributed by atoms with Gasteiger partial charge in [-0.15, -0.1) is 0 Å². The smallest absolute Gasteiger partial charge is 0.271 e. The minimum absolute atomic E-state index is 0.280. The number of benzene rings is 2. The Morgan fingerprint density at radius 3 is 2.44 bits per heavy atom. The first kappa shape index (κ1) is 18.8. The van der Waals surface area contributed by atoms with Crippen molar-refractivity contribution in [1.82, 2.24) is 5.43 Å². The highest BCUT2D eigenvalue weighted by atomic mass is 16.5. The second-order valence-corrected chi connectivity index (χ2v) is 6.40. The van der Waals surface area contributed by atoms with E-state index in [1.54, 1.807) is 44.7 Å². The number of methoxy groups -OCH3 is 2. The second-order valence-electron chi connectivity index (χ2n) is 6.40. The standard InChI is InChI=1S/C21H25N3O3/c1-26-19-10-7-16(8-11-19)21(25)23-22-15-17-6-9-18(14-20(17)27-2)24-12-4-3-5-13-24/h6-11,14-15H,3-5,12-13H2,1-2H3,(H,23,25)/b22-15-. The Morgan fingerprint density at radius 1 is 1.04 bits per heavy atom. The fourth-order valence-corrected chi connectivity index (χ4v) is 3.12. The molecule has 0 aliphatic carbocycles. The van der Waals surface area contributed by atoms with Gasteiger partial charge in [0, 0.05) is 36.0 Å². The van der Waals surface area contributed by atoms with Gasteiger partial charge in [0.1, 0.15) is 11.5 Å². The number of amides is 1. The maximum atomic E-state index is 12.1. The second kappa shape index (κ2) is 9.07. The quantitative estimate of drug-likeness (QED) is 0.627. The van der Waals surface area contributed by atoms with Crippen LogP contribution < -0.4 is 19.8 Å². The van der Waals surface area contributed by atoms with Crippen molar-refractivity contribution in [2.45, 2.75) is 19.3 Å². The van der Waals surface area contributed by atoms with Crippen LogP contribution >= 0.6 is 0 Å². The number of carbonyl (C=O) groups is 1. The van der Waals surface area contributed by atoms with Crippen LogP contribution in [-0.4, -0.2) is 39.4 Å². The molecule has 6 heteroatoms. The molecule has 0 saturated carbocycles. The summed E-state index contributed by atoms with van der Waals surface area (Å²) in [5.41, 5.74) is 5.02. The highest BCUT2D eigenvalue weighted by Crippen LogP contribution is 2.26. The van der Waals surface area contributed by atoms with E-state index in [0.29, 0.717) is 11.3 Å². The fourth-order valence-electron chi connectivity index (χ4n) is 3.12. The van der Waals surface area contributed by atoms with Gasteiger partial charge in [0.2, 0.25) is 0 Å². The Morgan fingerprint density at radius 2 is 1.78 bits per heavy atom. The van der Waals surface area contributed by atoms with E-state index in [1.165, 1.54) is 19.3 Å². The van der Waals surface area contributed by atoms with Crippen molar-refractivity contribution in [3.8, 4) is 11.5 Å². The SMILES string of the molecule is COc1ccc(C(=O)N/N=C\c2ccc(N3CCCCC3)cc2OC)cc1. The van der Waals surface area contributed by atoms with Crippen LogP contribution in [0.15, 0.2) is 47.6 Å².